The SMILES string of the molecule is CCOC(=O)c1c(/N=C/c2c(O)[nH]c(=O)c(C#N)c2C)sc2c1CCCC2. The molecule has 3 rings (SSSR count). The summed E-state index contributed by atoms with van der Waals surface area (Å²) in [6.07, 6.45) is 5.19. The second-order valence-electron chi connectivity index (χ2n) is 6.20. The molecule has 0 aliphatic heterocycles. The molecule has 0 atom stereocenters. The minimum Gasteiger partial charge on any atom is -0.494 e. The van der Waals surface area contributed by atoms with Crippen LogP contribution in [0.25, 0.3) is 0 Å². The molecule has 7 nitrogen and oxygen atoms in total. The van der Waals surface area contributed by atoms with Gasteiger partial charge in [-0.3, -0.25) is 9.78 Å². The van der Waals surface area contributed by atoms with E-state index < -0.39 is 11.5 Å². The van der Waals surface area contributed by atoms with E-state index in [4.69, 9.17) is 10.00 Å². The number of ether oxygens (including phenoxy) is 1. The number of nitrogens with one attached hydrogen (secondary N) is 1. The number of rotatable bonds is 4. The molecule has 0 radical (unpaired) electrons. The molecule has 27 heavy (non-hydrogen) atoms. The van der Waals surface area contributed by atoms with Crippen LogP contribution in [0.5, 0.6) is 5.88 Å². The van der Waals surface area contributed by atoms with Crippen molar-refractivity contribution in [1.29, 1.82) is 5.26 Å². The monoisotopic (exact) mass is 385 g/mol. The smallest absolute Gasteiger partial charge is 0.341 e. The van der Waals surface area contributed by atoms with Crippen molar-refractivity contribution >= 4 is 28.5 Å². The van der Waals surface area contributed by atoms with Gasteiger partial charge in [0.05, 0.1) is 17.7 Å². The number of aromatic nitrogens is 1. The number of fused-ring (bicyclic) bond motifs is 1. The van der Waals surface area contributed by atoms with E-state index in [-0.39, 0.29) is 23.6 Å². The van der Waals surface area contributed by atoms with Crippen LogP contribution in [-0.2, 0) is 17.6 Å². The fourth-order valence-corrected chi connectivity index (χ4v) is 4.41. The normalized spacial score (nSPS) is 13.4. The predicted molar refractivity (Wildman–Crippen MR) is 102 cm³/mol. The number of pyridine rings is 1. The second-order valence-corrected chi connectivity index (χ2v) is 7.28. The molecule has 0 amide bonds. The minimum atomic E-state index is -0.650. The number of hydrogen-bond acceptors (Lipinski definition) is 7. The zero-order valence-corrected chi connectivity index (χ0v) is 15.9. The summed E-state index contributed by atoms with van der Waals surface area (Å²) in [6, 6.07) is 1.83. The highest BCUT2D eigenvalue weighted by Gasteiger charge is 2.26. The number of carbonyl (C=O) groups is 1. The molecule has 2 heterocycles. The fraction of sp³-hybridized carbons (Fsp3) is 0.368. The molecule has 2 N–H and O–H groups in total. The number of aromatic amines is 1. The number of aromatic hydroxyl groups is 1. The van der Waals surface area contributed by atoms with Gasteiger partial charge >= 0.3 is 5.97 Å². The molecule has 0 unspecified atom stereocenters. The Bertz CT molecular complexity index is 1030. The lowest BCUT2D eigenvalue weighted by Gasteiger charge is -2.11. The van der Waals surface area contributed by atoms with Crippen molar-refractivity contribution in [2.75, 3.05) is 6.61 Å². The average molecular weight is 385 g/mol. The Hall–Kier alpha value is -2.92. The van der Waals surface area contributed by atoms with E-state index in [1.807, 2.05) is 6.07 Å². The number of nitrogens with zero attached hydrogens (tertiary/aromatic N) is 2. The standard InChI is InChI=1S/C19H19N3O4S/c1-3-26-19(25)15-11-6-4-5-7-14(11)27-18(15)21-9-13-10(2)12(8-20)16(23)22-17(13)24/h9H,3-7H2,1-2H3,(H2,22,23,24)/b21-9+. The van der Waals surface area contributed by atoms with Crippen molar-refractivity contribution in [2.24, 2.45) is 4.99 Å². The molecule has 0 aromatic carbocycles. The van der Waals surface area contributed by atoms with E-state index in [1.54, 1.807) is 13.8 Å². The van der Waals surface area contributed by atoms with Gasteiger partial charge in [0.15, 0.2) is 0 Å². The average Bonchev–Trinajstić information content (AvgIpc) is 3.00. The van der Waals surface area contributed by atoms with E-state index in [9.17, 15) is 14.7 Å². The maximum atomic E-state index is 12.5. The number of thiophene rings is 1. The number of carbonyl (C=O) groups excluding carboxylic acids is 1. The van der Waals surface area contributed by atoms with E-state index in [2.05, 4.69) is 9.98 Å². The van der Waals surface area contributed by atoms with E-state index in [0.717, 1.165) is 36.1 Å². The summed E-state index contributed by atoms with van der Waals surface area (Å²) in [6.45, 7) is 3.60. The Balaban J connectivity index is 2.09. The highest BCUT2D eigenvalue weighted by molar-refractivity contribution is 7.16. The lowest BCUT2D eigenvalue weighted by molar-refractivity contribution is 0.0526. The molecule has 0 fully saturated rings. The van der Waals surface area contributed by atoms with Crippen LogP contribution in [0, 0.1) is 18.3 Å². The minimum absolute atomic E-state index is 0.0784. The van der Waals surface area contributed by atoms with Gasteiger partial charge in [0.1, 0.15) is 16.6 Å². The van der Waals surface area contributed by atoms with Gasteiger partial charge in [-0.05, 0) is 50.7 Å². The van der Waals surface area contributed by atoms with Gasteiger partial charge in [-0.2, -0.15) is 5.26 Å². The third kappa shape index (κ3) is 3.51. The Morgan fingerprint density at radius 2 is 2.19 bits per heavy atom. The van der Waals surface area contributed by atoms with Crippen LogP contribution in [0.1, 0.15) is 57.3 Å². The van der Waals surface area contributed by atoms with Crippen molar-refractivity contribution in [2.45, 2.75) is 39.5 Å². The third-order valence-corrected chi connectivity index (χ3v) is 5.75. The van der Waals surface area contributed by atoms with Gasteiger partial charge in [0, 0.05) is 11.1 Å². The summed E-state index contributed by atoms with van der Waals surface area (Å²) in [5, 5.41) is 19.7. The third-order valence-electron chi connectivity index (χ3n) is 4.55. The molecule has 1 aliphatic rings. The van der Waals surface area contributed by atoms with E-state index in [1.165, 1.54) is 17.6 Å². The van der Waals surface area contributed by atoms with Crippen molar-refractivity contribution in [3.05, 3.63) is 43.0 Å². The van der Waals surface area contributed by atoms with Gasteiger partial charge in [0.2, 0.25) is 5.88 Å². The second kappa shape index (κ2) is 7.76. The first-order valence-electron chi connectivity index (χ1n) is 8.69. The maximum Gasteiger partial charge on any atom is 0.341 e. The Morgan fingerprint density at radius 3 is 2.89 bits per heavy atom. The molecule has 8 heteroatoms. The molecular weight excluding hydrogens is 366 g/mol. The van der Waals surface area contributed by atoms with Crippen molar-refractivity contribution in [3.8, 4) is 11.9 Å². The van der Waals surface area contributed by atoms with Crippen molar-refractivity contribution in [1.82, 2.24) is 4.98 Å². The maximum absolute atomic E-state index is 12.5. The number of aliphatic imine (C=N–C) groups is 1. The quantitative estimate of drug-likeness (QED) is 0.620. The molecule has 0 spiro atoms. The highest BCUT2D eigenvalue weighted by Crippen LogP contribution is 2.40. The molecule has 0 saturated carbocycles. The zero-order valence-electron chi connectivity index (χ0n) is 15.1. The molecule has 1 aliphatic carbocycles. The van der Waals surface area contributed by atoms with Crippen LogP contribution in [0.15, 0.2) is 9.79 Å². The number of hydrogen-bond donors (Lipinski definition) is 2. The topological polar surface area (TPSA) is 116 Å². The Kier molecular flexibility index (Phi) is 5.42. The summed E-state index contributed by atoms with van der Waals surface area (Å²) in [5.41, 5.74) is 1.33. The number of nitriles is 1. The van der Waals surface area contributed by atoms with Gasteiger partial charge in [0.25, 0.3) is 5.56 Å². The fourth-order valence-electron chi connectivity index (χ4n) is 3.19. The van der Waals surface area contributed by atoms with Crippen LogP contribution < -0.4 is 5.56 Å². The summed E-state index contributed by atoms with van der Waals surface area (Å²) in [7, 11) is 0. The molecule has 2 aromatic rings. The molecule has 0 bridgehead atoms. The van der Waals surface area contributed by atoms with Gasteiger partial charge in [-0.25, -0.2) is 9.79 Å². The highest BCUT2D eigenvalue weighted by atomic mass is 32.1. The van der Waals surface area contributed by atoms with Crippen LogP contribution >= 0.6 is 11.3 Å². The van der Waals surface area contributed by atoms with Crippen molar-refractivity contribution in [3.63, 3.8) is 0 Å². The van der Waals surface area contributed by atoms with Crippen LogP contribution in [0.4, 0.5) is 5.00 Å². The first-order valence-corrected chi connectivity index (χ1v) is 9.51. The summed E-state index contributed by atoms with van der Waals surface area (Å²) in [5.74, 6) is -0.761. The zero-order chi connectivity index (χ0) is 19.6. The lowest BCUT2D eigenvalue weighted by atomic mass is 9.95. The first kappa shape index (κ1) is 18.9. The summed E-state index contributed by atoms with van der Waals surface area (Å²) < 4.78 is 5.20. The molecule has 2 aromatic heterocycles. The van der Waals surface area contributed by atoms with Crippen LogP contribution in [-0.4, -0.2) is 28.9 Å². The molecule has 140 valence electrons. The van der Waals surface area contributed by atoms with E-state index in [0.29, 0.717) is 16.1 Å². The Labute approximate surface area is 160 Å². The van der Waals surface area contributed by atoms with Crippen LogP contribution in [0.3, 0.4) is 0 Å². The predicted octanol–water partition coefficient (Wildman–Crippen LogP) is 3.13. The molecular formula is C19H19N3O4S. The number of aryl methyl sites for hydroxylation is 1. The van der Waals surface area contributed by atoms with Crippen LogP contribution in [0.2, 0.25) is 0 Å². The first-order chi connectivity index (χ1) is 13.0. The van der Waals surface area contributed by atoms with Gasteiger partial charge in [-0.1, -0.05) is 0 Å². The van der Waals surface area contributed by atoms with E-state index >= 15 is 0 Å². The van der Waals surface area contributed by atoms with Gasteiger partial charge in [-0.15, -0.1) is 11.3 Å². The number of H-pyrrole nitrogens is 1. The number of esters is 1. The van der Waals surface area contributed by atoms with Gasteiger partial charge < -0.3 is 9.84 Å². The van der Waals surface area contributed by atoms with Crippen molar-refractivity contribution < 1.29 is 14.6 Å². The lowest BCUT2D eigenvalue weighted by Crippen LogP contribution is -2.14. The summed E-state index contributed by atoms with van der Waals surface area (Å²) >= 11 is 1.44. The molecule has 0 saturated heterocycles. The largest absolute Gasteiger partial charge is 0.494 e. The summed E-state index contributed by atoms with van der Waals surface area (Å²) in [4.78, 5) is 32.0. The Morgan fingerprint density at radius 1 is 1.44 bits per heavy atom.